The van der Waals surface area contributed by atoms with Crippen molar-refractivity contribution in [1.82, 2.24) is 5.32 Å². The molecule has 2 N–H and O–H groups in total. The van der Waals surface area contributed by atoms with Crippen molar-refractivity contribution < 1.29 is 24.2 Å². The average molecular weight is 784 g/mol. The topological polar surface area (TPSA) is 92.7 Å². The van der Waals surface area contributed by atoms with Gasteiger partial charge < -0.3 is 15.2 Å². The van der Waals surface area contributed by atoms with E-state index in [-0.39, 0.29) is 24.5 Å². The van der Waals surface area contributed by atoms with Crippen LogP contribution in [-0.2, 0) is 19.1 Å². The Balaban J connectivity index is 4.15. The molecule has 0 aliphatic carbocycles. The van der Waals surface area contributed by atoms with Gasteiger partial charge in [-0.05, 0) is 96.3 Å². The molecule has 1 amide bonds. The number of carboxylic acid groups (broad SMARTS) is 1. The third-order valence-corrected chi connectivity index (χ3v) is 10.5. The molecule has 0 bridgehead atoms. The van der Waals surface area contributed by atoms with Crippen molar-refractivity contribution in [2.75, 3.05) is 6.54 Å². The van der Waals surface area contributed by atoms with Crippen molar-refractivity contribution in [3.63, 3.8) is 0 Å². The minimum atomic E-state index is -1.02. The number of rotatable bonds is 43. The zero-order valence-corrected chi connectivity index (χ0v) is 36.7. The number of carbonyl (C=O) groups is 3. The van der Waals surface area contributed by atoms with E-state index < -0.39 is 5.97 Å². The molecule has 1 atom stereocenters. The maximum atomic E-state index is 12.8. The SMILES string of the molecule is CCCCCCC/C=C\C/C=C\CCCCCCCCCCCC(=O)OC(CCC/C=C\C/C=C\CCCCCCC)CCCCCCCC(=O)NCC(=O)O. The van der Waals surface area contributed by atoms with Gasteiger partial charge in [0.2, 0.25) is 5.91 Å². The summed E-state index contributed by atoms with van der Waals surface area (Å²) in [5, 5.41) is 11.1. The Kier molecular flexibility index (Phi) is 43.0. The molecule has 0 aliphatic rings. The molecule has 56 heavy (non-hydrogen) atoms. The first-order valence-corrected chi connectivity index (χ1v) is 23.8. The molecule has 324 valence electrons. The number of unbranched alkanes of at least 4 members (excludes halogenated alkanes) is 24. The van der Waals surface area contributed by atoms with Crippen molar-refractivity contribution in [2.24, 2.45) is 0 Å². The summed E-state index contributed by atoms with van der Waals surface area (Å²) in [4.78, 5) is 35.1. The van der Waals surface area contributed by atoms with Crippen LogP contribution in [0.1, 0.15) is 239 Å². The number of allylic oxidation sites excluding steroid dienone is 8. The number of ether oxygens (including phenoxy) is 1. The maximum absolute atomic E-state index is 12.8. The van der Waals surface area contributed by atoms with Gasteiger partial charge in [-0.15, -0.1) is 0 Å². The van der Waals surface area contributed by atoms with E-state index in [0.29, 0.717) is 12.8 Å². The molecule has 0 aromatic heterocycles. The van der Waals surface area contributed by atoms with Crippen LogP contribution >= 0.6 is 0 Å². The number of hydrogen-bond donors (Lipinski definition) is 2. The Morgan fingerprint density at radius 3 is 1.30 bits per heavy atom. The summed E-state index contributed by atoms with van der Waals surface area (Å²) in [5.41, 5.74) is 0. The molecule has 0 rings (SSSR count). The molecular weight excluding hydrogens is 695 g/mol. The smallest absolute Gasteiger partial charge is 0.322 e. The third-order valence-electron chi connectivity index (χ3n) is 10.5. The molecule has 0 heterocycles. The van der Waals surface area contributed by atoms with Crippen molar-refractivity contribution in [1.29, 1.82) is 0 Å². The number of carboxylic acids is 1. The van der Waals surface area contributed by atoms with E-state index >= 15 is 0 Å². The molecule has 0 spiro atoms. The first kappa shape index (κ1) is 53.4. The summed E-state index contributed by atoms with van der Waals surface area (Å²) in [6.07, 6.45) is 58.1. The Morgan fingerprint density at radius 2 is 0.839 bits per heavy atom. The lowest BCUT2D eigenvalue weighted by atomic mass is 10.0. The molecule has 6 nitrogen and oxygen atoms in total. The summed E-state index contributed by atoms with van der Waals surface area (Å²) >= 11 is 0. The molecule has 0 fully saturated rings. The lowest BCUT2D eigenvalue weighted by Gasteiger charge is -2.18. The van der Waals surface area contributed by atoms with Crippen LogP contribution in [0.4, 0.5) is 0 Å². The molecule has 0 aliphatic heterocycles. The van der Waals surface area contributed by atoms with Crippen molar-refractivity contribution in [3.05, 3.63) is 48.6 Å². The summed E-state index contributed by atoms with van der Waals surface area (Å²) in [5.74, 6) is -1.26. The Bertz CT molecular complexity index is 999. The molecule has 0 radical (unpaired) electrons. The third kappa shape index (κ3) is 44.1. The largest absolute Gasteiger partial charge is 0.480 e. The van der Waals surface area contributed by atoms with Crippen LogP contribution < -0.4 is 5.32 Å². The first-order valence-electron chi connectivity index (χ1n) is 23.8. The fourth-order valence-electron chi connectivity index (χ4n) is 6.93. The molecule has 0 saturated carbocycles. The van der Waals surface area contributed by atoms with Gasteiger partial charge >= 0.3 is 11.9 Å². The van der Waals surface area contributed by atoms with Crippen LogP contribution in [0.15, 0.2) is 48.6 Å². The van der Waals surface area contributed by atoms with Crippen LogP contribution in [-0.4, -0.2) is 35.6 Å². The van der Waals surface area contributed by atoms with E-state index in [4.69, 9.17) is 9.84 Å². The minimum absolute atomic E-state index is 0.0208. The lowest BCUT2D eigenvalue weighted by molar-refractivity contribution is -0.150. The number of nitrogens with one attached hydrogen (secondary N) is 1. The predicted octanol–water partition coefficient (Wildman–Crippen LogP) is 15.0. The van der Waals surface area contributed by atoms with Gasteiger partial charge in [-0.2, -0.15) is 0 Å². The Morgan fingerprint density at radius 1 is 0.464 bits per heavy atom. The summed E-state index contributed by atoms with van der Waals surface area (Å²) in [6.45, 7) is 4.21. The highest BCUT2D eigenvalue weighted by Gasteiger charge is 2.14. The van der Waals surface area contributed by atoms with Gasteiger partial charge in [0, 0.05) is 12.8 Å². The summed E-state index contributed by atoms with van der Waals surface area (Å²) in [6, 6.07) is 0. The van der Waals surface area contributed by atoms with Gasteiger partial charge in [0.1, 0.15) is 12.6 Å². The van der Waals surface area contributed by atoms with Gasteiger partial charge in [0.15, 0.2) is 0 Å². The van der Waals surface area contributed by atoms with Gasteiger partial charge in [-0.25, -0.2) is 0 Å². The second-order valence-electron chi connectivity index (χ2n) is 16.0. The fourth-order valence-corrected chi connectivity index (χ4v) is 6.93. The van der Waals surface area contributed by atoms with Crippen LogP contribution in [0.2, 0.25) is 0 Å². The quantitative estimate of drug-likeness (QED) is 0.0365. The number of aliphatic carboxylic acids is 1. The highest BCUT2D eigenvalue weighted by molar-refractivity contribution is 5.80. The summed E-state index contributed by atoms with van der Waals surface area (Å²) in [7, 11) is 0. The second kappa shape index (κ2) is 45.1. The van der Waals surface area contributed by atoms with Gasteiger partial charge in [-0.3, -0.25) is 14.4 Å². The van der Waals surface area contributed by atoms with Crippen LogP contribution in [0, 0.1) is 0 Å². The highest BCUT2D eigenvalue weighted by atomic mass is 16.5. The second-order valence-corrected chi connectivity index (χ2v) is 16.0. The fraction of sp³-hybridized carbons (Fsp3) is 0.780. The molecular formula is C50H89NO5. The van der Waals surface area contributed by atoms with Crippen molar-refractivity contribution in [2.45, 2.75) is 245 Å². The van der Waals surface area contributed by atoms with Gasteiger partial charge in [0.25, 0.3) is 0 Å². The van der Waals surface area contributed by atoms with E-state index in [2.05, 4.69) is 67.8 Å². The van der Waals surface area contributed by atoms with E-state index in [1.165, 1.54) is 128 Å². The molecule has 0 aromatic rings. The van der Waals surface area contributed by atoms with E-state index in [0.717, 1.165) is 83.5 Å². The molecule has 0 aromatic carbocycles. The maximum Gasteiger partial charge on any atom is 0.322 e. The summed E-state index contributed by atoms with van der Waals surface area (Å²) < 4.78 is 6.02. The number of amides is 1. The Labute approximate surface area is 346 Å². The monoisotopic (exact) mass is 784 g/mol. The number of hydrogen-bond acceptors (Lipinski definition) is 4. The zero-order valence-electron chi connectivity index (χ0n) is 36.7. The Hall–Kier alpha value is -2.63. The van der Waals surface area contributed by atoms with Crippen LogP contribution in [0.25, 0.3) is 0 Å². The minimum Gasteiger partial charge on any atom is -0.480 e. The molecule has 6 heteroatoms. The zero-order chi connectivity index (χ0) is 40.8. The lowest BCUT2D eigenvalue weighted by Crippen LogP contribution is -2.28. The molecule has 1 unspecified atom stereocenters. The highest BCUT2D eigenvalue weighted by Crippen LogP contribution is 2.18. The normalized spacial score (nSPS) is 12.5. The predicted molar refractivity (Wildman–Crippen MR) is 240 cm³/mol. The first-order chi connectivity index (χ1) is 27.5. The standard InChI is InChI=1S/C50H89NO5/c1-3-5-7-9-11-13-15-17-18-19-20-21-22-23-24-26-28-30-32-37-41-45-50(55)56-47(43-39-35-33-36-40-44-48(52)51-46-49(53)54)42-38-34-31-29-27-25-16-14-12-10-8-6-4-2/h15-17,19-20,25,29,31,47H,3-14,18,21-24,26-28,30,32-46H2,1-2H3,(H,51,52)(H,53,54)/b17-15-,20-19-,25-16-,31-29-. The van der Waals surface area contributed by atoms with Crippen molar-refractivity contribution >= 4 is 17.8 Å². The van der Waals surface area contributed by atoms with E-state index in [1.54, 1.807) is 0 Å². The van der Waals surface area contributed by atoms with Crippen LogP contribution in [0.5, 0.6) is 0 Å². The van der Waals surface area contributed by atoms with Gasteiger partial charge in [0.05, 0.1) is 0 Å². The average Bonchev–Trinajstić information content (AvgIpc) is 3.18. The van der Waals surface area contributed by atoms with E-state index in [9.17, 15) is 14.4 Å². The van der Waals surface area contributed by atoms with Crippen LogP contribution in [0.3, 0.4) is 0 Å². The number of carbonyl (C=O) groups excluding carboxylic acids is 2. The van der Waals surface area contributed by atoms with Gasteiger partial charge in [-0.1, -0.05) is 178 Å². The number of esters is 1. The van der Waals surface area contributed by atoms with Crippen molar-refractivity contribution in [3.8, 4) is 0 Å². The van der Waals surface area contributed by atoms with E-state index in [1.807, 2.05) is 0 Å². The molecule has 0 saturated heterocycles.